The van der Waals surface area contributed by atoms with Gasteiger partial charge in [0.05, 0.1) is 6.54 Å². The number of carbonyl (C=O) groups excluding carboxylic acids is 1. The summed E-state index contributed by atoms with van der Waals surface area (Å²) >= 11 is 0. The number of benzene rings is 2. The van der Waals surface area contributed by atoms with Gasteiger partial charge in [-0.2, -0.15) is 0 Å². The minimum Gasteiger partial charge on any atom is -0.487 e. The lowest BCUT2D eigenvalue weighted by Crippen LogP contribution is -2.51. The number of amides is 1. The van der Waals surface area contributed by atoms with Crippen molar-refractivity contribution in [2.24, 2.45) is 0 Å². The zero-order valence-corrected chi connectivity index (χ0v) is 17.7. The van der Waals surface area contributed by atoms with Gasteiger partial charge in [-0.05, 0) is 17.7 Å². The van der Waals surface area contributed by atoms with Crippen LogP contribution in [0.25, 0.3) is 0 Å². The van der Waals surface area contributed by atoms with E-state index in [1.807, 2.05) is 11.0 Å². The van der Waals surface area contributed by atoms with Crippen LogP contribution < -0.4 is 4.74 Å². The third-order valence-corrected chi connectivity index (χ3v) is 6.06. The molecule has 2 fully saturated rings. The van der Waals surface area contributed by atoms with Gasteiger partial charge in [0.2, 0.25) is 5.91 Å². The normalized spacial score (nSPS) is 18.8. The second-order valence-electron chi connectivity index (χ2n) is 8.31. The molecule has 0 bridgehead atoms. The van der Waals surface area contributed by atoms with Gasteiger partial charge >= 0.3 is 0 Å². The van der Waals surface area contributed by atoms with Crippen LogP contribution in [0.5, 0.6) is 5.75 Å². The minimum absolute atomic E-state index is 0.0690. The maximum Gasteiger partial charge on any atom is 0.236 e. The van der Waals surface area contributed by atoms with Gasteiger partial charge in [-0.25, -0.2) is 8.78 Å². The zero-order chi connectivity index (χ0) is 21.6. The van der Waals surface area contributed by atoms with E-state index in [2.05, 4.69) is 34.1 Å². The zero-order valence-electron chi connectivity index (χ0n) is 17.7. The molecule has 1 amide bonds. The van der Waals surface area contributed by atoms with Crippen molar-refractivity contribution in [2.75, 3.05) is 45.8 Å². The summed E-state index contributed by atoms with van der Waals surface area (Å²) in [5, 5.41) is 0. The van der Waals surface area contributed by atoms with Gasteiger partial charge < -0.3 is 9.64 Å². The molecule has 0 unspecified atom stereocenters. The van der Waals surface area contributed by atoms with Crippen molar-refractivity contribution in [1.29, 1.82) is 0 Å². The van der Waals surface area contributed by atoms with Gasteiger partial charge in [0.25, 0.3) is 0 Å². The summed E-state index contributed by atoms with van der Waals surface area (Å²) in [5.74, 6) is -1.10. The number of nitrogens with zero attached hydrogens (tertiary/aromatic N) is 3. The second-order valence-corrected chi connectivity index (χ2v) is 8.31. The number of rotatable bonds is 6. The van der Waals surface area contributed by atoms with Crippen LogP contribution in [0.3, 0.4) is 0 Å². The van der Waals surface area contributed by atoms with Gasteiger partial charge in [-0.15, -0.1) is 0 Å². The molecule has 31 heavy (non-hydrogen) atoms. The predicted octanol–water partition coefficient (Wildman–Crippen LogP) is 3.15. The van der Waals surface area contributed by atoms with Crippen molar-refractivity contribution in [3.8, 4) is 5.75 Å². The summed E-state index contributed by atoms with van der Waals surface area (Å²) in [6.45, 7) is 6.29. The first kappa shape index (κ1) is 21.7. The number of likely N-dealkylation sites (tertiary alicyclic amines) is 1. The van der Waals surface area contributed by atoms with E-state index in [1.54, 1.807) is 0 Å². The molecule has 0 radical (unpaired) electrons. The number of carbonyl (C=O) groups is 1. The monoisotopic (exact) mass is 429 g/mol. The van der Waals surface area contributed by atoms with Gasteiger partial charge in [0, 0.05) is 64.7 Å². The molecule has 0 saturated carbocycles. The molecule has 0 aliphatic carbocycles. The molecule has 0 aromatic heterocycles. The highest BCUT2D eigenvalue weighted by molar-refractivity contribution is 5.78. The molecule has 2 aromatic carbocycles. The average Bonchev–Trinajstić information content (AvgIpc) is 2.78. The molecule has 2 saturated heterocycles. The second kappa shape index (κ2) is 10.2. The largest absolute Gasteiger partial charge is 0.487 e. The Balaban J connectivity index is 1.17. The Labute approximate surface area is 182 Å². The van der Waals surface area contributed by atoms with Crippen molar-refractivity contribution in [1.82, 2.24) is 14.7 Å². The van der Waals surface area contributed by atoms with Crippen molar-refractivity contribution >= 4 is 5.91 Å². The smallest absolute Gasteiger partial charge is 0.236 e. The van der Waals surface area contributed by atoms with Crippen LogP contribution in [-0.2, 0) is 11.3 Å². The lowest BCUT2D eigenvalue weighted by Gasteiger charge is -2.37. The number of ether oxygens (including phenoxy) is 1. The maximum absolute atomic E-state index is 13.8. The van der Waals surface area contributed by atoms with E-state index in [9.17, 15) is 13.6 Å². The van der Waals surface area contributed by atoms with Gasteiger partial charge in [-0.1, -0.05) is 30.3 Å². The van der Waals surface area contributed by atoms with E-state index in [0.717, 1.165) is 38.8 Å². The van der Waals surface area contributed by atoms with E-state index in [1.165, 1.54) is 17.7 Å². The lowest BCUT2D eigenvalue weighted by atomic mass is 10.1. The van der Waals surface area contributed by atoms with Crippen LogP contribution in [0.15, 0.2) is 48.5 Å². The van der Waals surface area contributed by atoms with Crippen LogP contribution >= 0.6 is 0 Å². The van der Waals surface area contributed by atoms with Crippen molar-refractivity contribution in [2.45, 2.75) is 25.5 Å². The van der Waals surface area contributed by atoms with E-state index in [-0.39, 0.29) is 17.8 Å². The number of piperidine rings is 1. The minimum atomic E-state index is -0.690. The van der Waals surface area contributed by atoms with Crippen LogP contribution in [0.4, 0.5) is 8.78 Å². The Morgan fingerprint density at radius 2 is 1.58 bits per heavy atom. The number of piperazine rings is 1. The van der Waals surface area contributed by atoms with E-state index < -0.39 is 11.6 Å². The molecule has 0 spiro atoms. The van der Waals surface area contributed by atoms with E-state index in [4.69, 9.17) is 4.74 Å². The number of hydrogen-bond acceptors (Lipinski definition) is 4. The highest BCUT2D eigenvalue weighted by Crippen LogP contribution is 2.23. The summed E-state index contributed by atoms with van der Waals surface area (Å²) in [6.07, 6.45) is 1.13. The fourth-order valence-electron chi connectivity index (χ4n) is 4.21. The van der Waals surface area contributed by atoms with E-state index >= 15 is 0 Å². The van der Waals surface area contributed by atoms with Crippen molar-refractivity contribution < 1.29 is 18.3 Å². The first-order valence-electron chi connectivity index (χ1n) is 10.9. The summed E-state index contributed by atoms with van der Waals surface area (Å²) in [4.78, 5) is 19.2. The summed E-state index contributed by atoms with van der Waals surface area (Å²) in [7, 11) is 0. The van der Waals surface area contributed by atoms with Crippen LogP contribution in [0.1, 0.15) is 18.4 Å². The molecule has 2 aliphatic rings. The fourth-order valence-corrected chi connectivity index (χ4v) is 4.21. The molecule has 2 aromatic rings. The highest BCUT2D eigenvalue weighted by atomic mass is 19.1. The Bertz CT molecular complexity index is 864. The first-order chi connectivity index (χ1) is 15.1. The third kappa shape index (κ3) is 6.02. The molecular formula is C24H29F2N3O2. The molecule has 2 heterocycles. The van der Waals surface area contributed by atoms with Gasteiger partial charge in [0.15, 0.2) is 11.6 Å². The summed E-state index contributed by atoms with van der Waals surface area (Å²) in [6, 6.07) is 13.8. The van der Waals surface area contributed by atoms with Crippen molar-refractivity contribution in [3.63, 3.8) is 0 Å². The highest BCUT2D eigenvalue weighted by Gasteiger charge is 2.27. The van der Waals surface area contributed by atoms with E-state index in [0.29, 0.717) is 32.5 Å². The van der Waals surface area contributed by atoms with Gasteiger partial charge in [-0.3, -0.25) is 14.6 Å². The molecule has 4 rings (SSSR count). The van der Waals surface area contributed by atoms with Gasteiger partial charge in [0.1, 0.15) is 11.9 Å². The summed E-state index contributed by atoms with van der Waals surface area (Å²) in [5.41, 5.74) is 1.32. The van der Waals surface area contributed by atoms with Crippen LogP contribution in [-0.4, -0.2) is 72.5 Å². The molecular weight excluding hydrogens is 400 g/mol. The Kier molecular flexibility index (Phi) is 7.14. The maximum atomic E-state index is 13.8. The molecule has 166 valence electrons. The standard InChI is InChI=1S/C24H29F2N3O2/c25-20-6-7-23(22(26)16-20)31-21-8-10-29(11-9-21)24(30)18-28-14-12-27(13-15-28)17-19-4-2-1-3-5-19/h1-7,16,21H,8-15,17-18H2. The van der Waals surface area contributed by atoms with Crippen LogP contribution in [0.2, 0.25) is 0 Å². The predicted molar refractivity (Wildman–Crippen MR) is 115 cm³/mol. The lowest BCUT2D eigenvalue weighted by molar-refractivity contribution is -0.134. The molecule has 7 heteroatoms. The fraction of sp³-hybridized carbons (Fsp3) is 0.458. The number of halogens is 2. The average molecular weight is 430 g/mol. The number of hydrogen-bond donors (Lipinski definition) is 0. The Morgan fingerprint density at radius 1 is 0.903 bits per heavy atom. The third-order valence-electron chi connectivity index (χ3n) is 6.06. The Morgan fingerprint density at radius 3 is 2.26 bits per heavy atom. The SMILES string of the molecule is O=C(CN1CCN(Cc2ccccc2)CC1)N1CCC(Oc2ccc(F)cc2F)CC1. The summed E-state index contributed by atoms with van der Waals surface area (Å²) < 4.78 is 32.5. The molecule has 2 aliphatic heterocycles. The molecule has 5 nitrogen and oxygen atoms in total. The topological polar surface area (TPSA) is 36.0 Å². The first-order valence-corrected chi connectivity index (χ1v) is 10.9. The molecule has 0 N–H and O–H groups in total. The molecule has 0 atom stereocenters. The van der Waals surface area contributed by atoms with Crippen molar-refractivity contribution in [3.05, 3.63) is 65.7 Å². The Hall–Kier alpha value is -2.51. The quantitative estimate of drug-likeness (QED) is 0.707. The van der Waals surface area contributed by atoms with Crippen LogP contribution in [0, 0.1) is 11.6 Å².